The molecule has 0 bridgehead atoms. The van der Waals surface area contributed by atoms with E-state index in [1.807, 2.05) is 78.0 Å². The maximum Gasteiger partial charge on any atom is 0.241 e. The standard InChI is InChI=1S/C39H41N5O3S/c45-38(30-37(32-10-3-1-4-11-32)41-48(46,47)36-16-15-31-9-7-8-12-33(31)29-36)43-23-19-39(20-24-43,34-13-5-2-6-14-34)44-27-25-42(26-28-44)35-17-21-40-22-18-35/h1-18,21-22,29,37,41H,19-20,23-28,30H2. The molecule has 246 valence electrons. The topological polar surface area (TPSA) is 85.8 Å². The van der Waals surface area contributed by atoms with Gasteiger partial charge < -0.3 is 9.80 Å². The number of fused-ring (bicyclic) bond motifs is 1. The van der Waals surface area contributed by atoms with Crippen LogP contribution in [0.1, 0.15) is 36.4 Å². The lowest BCUT2D eigenvalue weighted by molar-refractivity contribution is -0.134. The van der Waals surface area contributed by atoms with Crippen molar-refractivity contribution in [2.45, 2.75) is 35.7 Å². The van der Waals surface area contributed by atoms with Crippen LogP contribution in [0.2, 0.25) is 0 Å². The lowest BCUT2D eigenvalue weighted by Gasteiger charge is -2.52. The van der Waals surface area contributed by atoms with E-state index in [-0.39, 0.29) is 22.8 Å². The number of carbonyl (C=O) groups is 1. The van der Waals surface area contributed by atoms with Crippen molar-refractivity contribution < 1.29 is 13.2 Å². The third-order valence-corrected chi connectivity index (χ3v) is 11.5. The van der Waals surface area contributed by atoms with E-state index < -0.39 is 16.1 Å². The van der Waals surface area contributed by atoms with E-state index in [1.165, 1.54) is 11.3 Å². The predicted molar refractivity (Wildman–Crippen MR) is 190 cm³/mol. The van der Waals surface area contributed by atoms with E-state index in [1.54, 1.807) is 12.1 Å². The van der Waals surface area contributed by atoms with Crippen LogP contribution in [-0.4, -0.2) is 68.4 Å². The molecule has 8 nitrogen and oxygen atoms in total. The van der Waals surface area contributed by atoms with E-state index in [2.05, 4.69) is 62.0 Å². The van der Waals surface area contributed by atoms with Gasteiger partial charge in [-0.05, 0) is 59.0 Å². The lowest BCUT2D eigenvalue weighted by Crippen LogP contribution is -2.59. The number of pyridine rings is 1. The number of rotatable bonds is 9. The zero-order chi connectivity index (χ0) is 33.0. The summed E-state index contributed by atoms with van der Waals surface area (Å²) in [5.41, 5.74) is 3.08. The zero-order valence-electron chi connectivity index (χ0n) is 27.0. The Kier molecular flexibility index (Phi) is 9.26. The number of nitrogens with one attached hydrogen (secondary N) is 1. The summed E-state index contributed by atoms with van der Waals surface area (Å²) in [6, 6.07) is 36.4. The van der Waals surface area contributed by atoms with E-state index >= 15 is 0 Å². The van der Waals surface area contributed by atoms with Crippen LogP contribution in [0.4, 0.5) is 5.69 Å². The number of aromatic nitrogens is 1. The van der Waals surface area contributed by atoms with Gasteiger partial charge in [0.05, 0.1) is 10.9 Å². The minimum absolute atomic E-state index is 0.0414. The number of likely N-dealkylation sites (tertiary alicyclic amines) is 1. The minimum Gasteiger partial charge on any atom is -0.369 e. The van der Waals surface area contributed by atoms with Gasteiger partial charge in [0.25, 0.3) is 0 Å². The molecule has 48 heavy (non-hydrogen) atoms. The van der Waals surface area contributed by atoms with Crippen LogP contribution in [0.15, 0.2) is 133 Å². The Morgan fingerprint density at radius 3 is 2.04 bits per heavy atom. The molecule has 1 atom stereocenters. The normalized spacial score (nSPS) is 17.7. The van der Waals surface area contributed by atoms with Crippen LogP contribution in [0.5, 0.6) is 0 Å². The van der Waals surface area contributed by atoms with Crippen LogP contribution in [0.3, 0.4) is 0 Å². The molecule has 5 aromatic rings. The number of hydrogen-bond donors (Lipinski definition) is 1. The SMILES string of the molecule is O=C(CC(NS(=O)(=O)c1ccc2ccccc2c1)c1ccccc1)N1CCC(c2ccccc2)(N2CCN(c3ccncc3)CC2)CC1. The fourth-order valence-electron chi connectivity index (χ4n) is 7.42. The average Bonchev–Trinajstić information content (AvgIpc) is 3.15. The van der Waals surface area contributed by atoms with Crippen molar-refractivity contribution in [2.75, 3.05) is 44.2 Å². The number of piperidine rings is 1. The summed E-state index contributed by atoms with van der Waals surface area (Å²) in [5, 5.41) is 1.82. The molecule has 7 rings (SSSR count). The summed E-state index contributed by atoms with van der Waals surface area (Å²) in [6.45, 7) is 4.93. The van der Waals surface area contributed by atoms with Crippen LogP contribution < -0.4 is 9.62 Å². The second-order valence-electron chi connectivity index (χ2n) is 12.8. The molecular formula is C39H41N5O3S. The number of hydrogen-bond acceptors (Lipinski definition) is 6. The molecule has 2 aliphatic heterocycles. The molecule has 4 aromatic carbocycles. The number of sulfonamides is 1. The lowest BCUT2D eigenvalue weighted by atomic mass is 9.78. The molecule has 1 N–H and O–H groups in total. The smallest absolute Gasteiger partial charge is 0.241 e. The number of anilines is 1. The Morgan fingerprint density at radius 1 is 0.729 bits per heavy atom. The van der Waals surface area contributed by atoms with Crippen LogP contribution in [0, 0.1) is 0 Å². The van der Waals surface area contributed by atoms with Crippen LogP contribution in [-0.2, 0) is 20.4 Å². The van der Waals surface area contributed by atoms with Gasteiger partial charge in [0.1, 0.15) is 0 Å². The first-order chi connectivity index (χ1) is 23.4. The van der Waals surface area contributed by atoms with Crippen molar-refractivity contribution in [1.29, 1.82) is 0 Å². The molecule has 2 aliphatic rings. The van der Waals surface area contributed by atoms with Gasteiger partial charge in [0.2, 0.25) is 15.9 Å². The molecule has 0 spiro atoms. The highest BCUT2D eigenvalue weighted by Crippen LogP contribution is 2.40. The zero-order valence-corrected chi connectivity index (χ0v) is 27.8. The molecule has 2 fully saturated rings. The Balaban J connectivity index is 1.07. The van der Waals surface area contributed by atoms with Gasteiger partial charge in [-0.1, -0.05) is 91.0 Å². The molecule has 2 saturated heterocycles. The van der Waals surface area contributed by atoms with Crippen molar-refractivity contribution >= 4 is 32.4 Å². The Bertz CT molecular complexity index is 1940. The van der Waals surface area contributed by atoms with Crippen LogP contribution >= 0.6 is 0 Å². The first-order valence-corrected chi connectivity index (χ1v) is 18.2. The summed E-state index contributed by atoms with van der Waals surface area (Å²) in [6.07, 6.45) is 5.36. The Hall–Kier alpha value is -4.57. The highest BCUT2D eigenvalue weighted by molar-refractivity contribution is 7.89. The molecule has 0 aliphatic carbocycles. The third kappa shape index (κ3) is 6.71. The van der Waals surface area contributed by atoms with E-state index in [0.717, 1.165) is 55.4 Å². The van der Waals surface area contributed by atoms with Gasteiger partial charge in [0, 0.05) is 69.3 Å². The van der Waals surface area contributed by atoms with Crippen molar-refractivity contribution in [2.24, 2.45) is 0 Å². The van der Waals surface area contributed by atoms with Crippen molar-refractivity contribution in [1.82, 2.24) is 19.5 Å². The van der Waals surface area contributed by atoms with Crippen LogP contribution in [0.25, 0.3) is 10.8 Å². The average molecular weight is 660 g/mol. The van der Waals surface area contributed by atoms with Gasteiger partial charge >= 0.3 is 0 Å². The molecule has 3 heterocycles. The van der Waals surface area contributed by atoms with Gasteiger partial charge in [-0.2, -0.15) is 0 Å². The maximum atomic E-state index is 14.0. The fraction of sp³-hybridized carbons (Fsp3) is 0.282. The first-order valence-electron chi connectivity index (χ1n) is 16.7. The summed E-state index contributed by atoms with van der Waals surface area (Å²) in [5.74, 6) is -0.0470. The van der Waals surface area contributed by atoms with Gasteiger partial charge in [-0.15, -0.1) is 0 Å². The van der Waals surface area contributed by atoms with E-state index in [4.69, 9.17) is 0 Å². The number of amides is 1. The summed E-state index contributed by atoms with van der Waals surface area (Å²) >= 11 is 0. The second-order valence-corrected chi connectivity index (χ2v) is 14.5. The van der Waals surface area contributed by atoms with Gasteiger partial charge in [-0.25, -0.2) is 13.1 Å². The molecule has 9 heteroatoms. The molecule has 0 radical (unpaired) electrons. The highest BCUT2D eigenvalue weighted by atomic mass is 32.2. The van der Waals surface area contributed by atoms with Crippen molar-refractivity contribution in [3.63, 3.8) is 0 Å². The van der Waals surface area contributed by atoms with Crippen molar-refractivity contribution in [3.05, 3.63) is 139 Å². The Morgan fingerprint density at radius 2 is 1.35 bits per heavy atom. The third-order valence-electron chi connectivity index (χ3n) is 10.1. The molecule has 1 amide bonds. The second kappa shape index (κ2) is 13.9. The highest BCUT2D eigenvalue weighted by Gasteiger charge is 2.43. The monoisotopic (exact) mass is 659 g/mol. The molecular weight excluding hydrogens is 619 g/mol. The maximum absolute atomic E-state index is 14.0. The first kappa shape index (κ1) is 32.0. The summed E-state index contributed by atoms with van der Waals surface area (Å²) in [4.78, 5) is 25.3. The van der Waals surface area contributed by atoms with Gasteiger partial charge in [0.15, 0.2) is 0 Å². The molecule has 0 saturated carbocycles. The minimum atomic E-state index is -3.90. The number of carbonyl (C=O) groups excluding carboxylic acids is 1. The predicted octanol–water partition coefficient (Wildman–Crippen LogP) is 5.98. The number of nitrogens with zero attached hydrogens (tertiary/aromatic N) is 4. The van der Waals surface area contributed by atoms with Crippen molar-refractivity contribution in [3.8, 4) is 0 Å². The van der Waals surface area contributed by atoms with E-state index in [9.17, 15) is 13.2 Å². The summed E-state index contributed by atoms with van der Waals surface area (Å²) < 4.78 is 30.3. The molecule has 1 aromatic heterocycles. The quantitative estimate of drug-likeness (QED) is 0.210. The molecule has 1 unspecified atom stereocenters. The van der Waals surface area contributed by atoms with Gasteiger partial charge in [-0.3, -0.25) is 14.7 Å². The Labute approximate surface area is 283 Å². The largest absolute Gasteiger partial charge is 0.369 e. The number of benzene rings is 4. The number of piperazine rings is 1. The fourth-order valence-corrected chi connectivity index (χ4v) is 8.68. The van der Waals surface area contributed by atoms with E-state index in [0.29, 0.717) is 13.1 Å². The summed E-state index contributed by atoms with van der Waals surface area (Å²) in [7, 11) is -3.90.